The SMILES string of the molecule is COc1ccc(-c2ccccc2)c(-c2ccc(CS)cc2)c1. The minimum atomic E-state index is 0.754. The Kier molecular flexibility index (Phi) is 4.50. The number of hydrogen-bond donors (Lipinski definition) is 1. The lowest BCUT2D eigenvalue weighted by atomic mass is 9.94. The summed E-state index contributed by atoms with van der Waals surface area (Å²) >= 11 is 4.32. The molecule has 0 radical (unpaired) electrons. The van der Waals surface area contributed by atoms with Gasteiger partial charge in [-0.1, -0.05) is 60.7 Å². The highest BCUT2D eigenvalue weighted by Gasteiger charge is 2.09. The van der Waals surface area contributed by atoms with Gasteiger partial charge < -0.3 is 4.74 Å². The number of ether oxygens (including phenoxy) is 1. The molecule has 3 aromatic carbocycles. The summed E-state index contributed by atoms with van der Waals surface area (Å²) in [5, 5.41) is 0. The molecule has 0 N–H and O–H groups in total. The molecule has 0 saturated heterocycles. The van der Waals surface area contributed by atoms with E-state index in [1.165, 1.54) is 27.8 Å². The number of rotatable bonds is 4. The van der Waals surface area contributed by atoms with Gasteiger partial charge in [-0.2, -0.15) is 12.6 Å². The zero-order chi connectivity index (χ0) is 15.4. The van der Waals surface area contributed by atoms with E-state index < -0.39 is 0 Å². The van der Waals surface area contributed by atoms with E-state index in [-0.39, 0.29) is 0 Å². The van der Waals surface area contributed by atoms with Gasteiger partial charge in [0.05, 0.1) is 7.11 Å². The standard InChI is InChI=1S/C20H18OS/c1-21-18-11-12-19(16-5-3-2-4-6-16)20(13-18)17-9-7-15(14-22)8-10-17/h2-13,22H,14H2,1H3. The highest BCUT2D eigenvalue weighted by Crippen LogP contribution is 2.35. The van der Waals surface area contributed by atoms with Gasteiger partial charge in [-0.05, 0) is 39.9 Å². The molecule has 0 atom stereocenters. The fourth-order valence-electron chi connectivity index (χ4n) is 2.55. The molecule has 0 saturated carbocycles. The fraction of sp³-hybridized carbons (Fsp3) is 0.100. The number of thiol groups is 1. The van der Waals surface area contributed by atoms with Crippen LogP contribution >= 0.6 is 12.6 Å². The van der Waals surface area contributed by atoms with Gasteiger partial charge in [-0.3, -0.25) is 0 Å². The van der Waals surface area contributed by atoms with E-state index in [0.717, 1.165) is 11.5 Å². The minimum Gasteiger partial charge on any atom is -0.497 e. The Bertz CT molecular complexity index is 748. The third kappa shape index (κ3) is 3.02. The second-order valence-electron chi connectivity index (χ2n) is 5.13. The molecule has 0 spiro atoms. The minimum absolute atomic E-state index is 0.754. The van der Waals surface area contributed by atoms with E-state index in [4.69, 9.17) is 4.74 Å². The van der Waals surface area contributed by atoms with Crippen molar-refractivity contribution in [3.63, 3.8) is 0 Å². The maximum absolute atomic E-state index is 5.40. The predicted octanol–water partition coefficient (Wildman–Crippen LogP) is 5.46. The molecule has 3 rings (SSSR count). The van der Waals surface area contributed by atoms with Crippen molar-refractivity contribution in [3.8, 4) is 28.0 Å². The van der Waals surface area contributed by atoms with Crippen molar-refractivity contribution in [1.29, 1.82) is 0 Å². The third-order valence-electron chi connectivity index (χ3n) is 3.76. The van der Waals surface area contributed by atoms with Crippen molar-refractivity contribution >= 4 is 12.6 Å². The van der Waals surface area contributed by atoms with Gasteiger partial charge in [0.2, 0.25) is 0 Å². The van der Waals surface area contributed by atoms with Gasteiger partial charge in [0.15, 0.2) is 0 Å². The average Bonchev–Trinajstić information content (AvgIpc) is 2.62. The van der Waals surface area contributed by atoms with Crippen LogP contribution in [0.1, 0.15) is 5.56 Å². The summed E-state index contributed by atoms with van der Waals surface area (Å²) in [6.45, 7) is 0. The molecule has 0 aromatic heterocycles. The topological polar surface area (TPSA) is 9.23 Å². The van der Waals surface area contributed by atoms with Gasteiger partial charge in [0.25, 0.3) is 0 Å². The van der Waals surface area contributed by atoms with Crippen molar-refractivity contribution in [2.75, 3.05) is 7.11 Å². The normalized spacial score (nSPS) is 10.5. The Morgan fingerprint density at radius 2 is 1.45 bits per heavy atom. The smallest absolute Gasteiger partial charge is 0.119 e. The van der Waals surface area contributed by atoms with Crippen LogP contribution in [0.5, 0.6) is 5.75 Å². The van der Waals surface area contributed by atoms with Crippen LogP contribution < -0.4 is 4.74 Å². The fourth-order valence-corrected chi connectivity index (χ4v) is 2.76. The van der Waals surface area contributed by atoms with Gasteiger partial charge in [-0.15, -0.1) is 0 Å². The molecule has 0 bridgehead atoms. The summed E-state index contributed by atoms with van der Waals surface area (Å²) in [5.74, 6) is 1.62. The first-order valence-electron chi connectivity index (χ1n) is 7.25. The summed E-state index contributed by atoms with van der Waals surface area (Å²) in [7, 11) is 1.70. The van der Waals surface area contributed by atoms with Crippen LogP contribution in [-0.4, -0.2) is 7.11 Å². The summed E-state index contributed by atoms with van der Waals surface area (Å²) in [6.07, 6.45) is 0. The lowest BCUT2D eigenvalue weighted by Crippen LogP contribution is -1.89. The predicted molar refractivity (Wildman–Crippen MR) is 96.6 cm³/mol. The largest absolute Gasteiger partial charge is 0.497 e. The lowest BCUT2D eigenvalue weighted by molar-refractivity contribution is 0.415. The zero-order valence-corrected chi connectivity index (χ0v) is 13.4. The van der Waals surface area contributed by atoms with Crippen LogP contribution in [0.15, 0.2) is 72.8 Å². The van der Waals surface area contributed by atoms with Crippen LogP contribution in [0.2, 0.25) is 0 Å². The van der Waals surface area contributed by atoms with Crippen molar-refractivity contribution in [2.24, 2.45) is 0 Å². The molecule has 22 heavy (non-hydrogen) atoms. The Morgan fingerprint density at radius 1 is 0.773 bits per heavy atom. The van der Waals surface area contributed by atoms with Crippen LogP contribution in [0, 0.1) is 0 Å². The first kappa shape index (κ1) is 14.7. The summed E-state index contributed by atoms with van der Waals surface area (Å²) in [5.41, 5.74) is 5.99. The van der Waals surface area contributed by atoms with Gasteiger partial charge >= 0.3 is 0 Å². The molecule has 0 heterocycles. The molecule has 0 aliphatic heterocycles. The summed E-state index contributed by atoms with van der Waals surface area (Å²) < 4.78 is 5.40. The Labute approximate surface area is 137 Å². The van der Waals surface area contributed by atoms with E-state index >= 15 is 0 Å². The summed E-state index contributed by atoms with van der Waals surface area (Å²) in [4.78, 5) is 0. The Balaban J connectivity index is 2.14. The van der Waals surface area contributed by atoms with Crippen LogP contribution in [0.3, 0.4) is 0 Å². The Hall–Kier alpha value is -2.19. The molecule has 1 nitrogen and oxygen atoms in total. The van der Waals surface area contributed by atoms with E-state index in [2.05, 4.69) is 73.3 Å². The number of methoxy groups -OCH3 is 1. The Morgan fingerprint density at radius 3 is 2.09 bits per heavy atom. The second-order valence-corrected chi connectivity index (χ2v) is 5.45. The van der Waals surface area contributed by atoms with Crippen molar-refractivity contribution in [1.82, 2.24) is 0 Å². The molecule has 0 fully saturated rings. The van der Waals surface area contributed by atoms with Gasteiger partial charge in [-0.25, -0.2) is 0 Å². The van der Waals surface area contributed by atoms with Crippen LogP contribution in [-0.2, 0) is 5.75 Å². The van der Waals surface area contributed by atoms with Crippen LogP contribution in [0.4, 0.5) is 0 Å². The van der Waals surface area contributed by atoms with E-state index in [1.807, 2.05) is 12.1 Å². The average molecular weight is 306 g/mol. The maximum atomic E-state index is 5.40. The molecule has 110 valence electrons. The monoisotopic (exact) mass is 306 g/mol. The molecular formula is C20H18OS. The lowest BCUT2D eigenvalue weighted by Gasteiger charge is -2.12. The van der Waals surface area contributed by atoms with E-state index in [9.17, 15) is 0 Å². The summed E-state index contributed by atoms with van der Waals surface area (Å²) in [6, 6.07) is 25.2. The molecular weight excluding hydrogens is 288 g/mol. The quantitative estimate of drug-likeness (QED) is 0.630. The molecule has 0 aliphatic rings. The molecule has 0 amide bonds. The van der Waals surface area contributed by atoms with Crippen LogP contribution in [0.25, 0.3) is 22.3 Å². The van der Waals surface area contributed by atoms with Crippen molar-refractivity contribution < 1.29 is 4.74 Å². The highest BCUT2D eigenvalue weighted by atomic mass is 32.1. The third-order valence-corrected chi connectivity index (χ3v) is 4.12. The first-order chi connectivity index (χ1) is 10.8. The van der Waals surface area contributed by atoms with E-state index in [0.29, 0.717) is 0 Å². The van der Waals surface area contributed by atoms with Crippen molar-refractivity contribution in [2.45, 2.75) is 5.75 Å². The second kappa shape index (κ2) is 6.71. The highest BCUT2D eigenvalue weighted by molar-refractivity contribution is 7.79. The molecule has 0 aliphatic carbocycles. The molecule has 2 heteroatoms. The number of benzene rings is 3. The first-order valence-corrected chi connectivity index (χ1v) is 7.88. The molecule has 3 aromatic rings. The van der Waals surface area contributed by atoms with E-state index in [1.54, 1.807) is 7.11 Å². The number of hydrogen-bond acceptors (Lipinski definition) is 2. The maximum Gasteiger partial charge on any atom is 0.119 e. The zero-order valence-electron chi connectivity index (χ0n) is 12.5. The van der Waals surface area contributed by atoms with Crippen molar-refractivity contribution in [3.05, 3.63) is 78.4 Å². The van der Waals surface area contributed by atoms with Gasteiger partial charge in [0, 0.05) is 5.75 Å². The molecule has 0 unspecified atom stereocenters. The van der Waals surface area contributed by atoms with Gasteiger partial charge in [0.1, 0.15) is 5.75 Å².